The van der Waals surface area contributed by atoms with Gasteiger partial charge in [0.2, 0.25) is 0 Å². The fourth-order valence-electron chi connectivity index (χ4n) is 2.56. The molecule has 1 heterocycles. The Kier molecular flexibility index (Phi) is 5.40. The van der Waals surface area contributed by atoms with Crippen LogP contribution in [0.15, 0.2) is 12.3 Å². The first-order valence-electron chi connectivity index (χ1n) is 7.38. The summed E-state index contributed by atoms with van der Waals surface area (Å²) in [6, 6.07) is 2.23. The van der Waals surface area contributed by atoms with Gasteiger partial charge in [0, 0.05) is 18.8 Å². The third kappa shape index (κ3) is 4.23. The molecule has 1 fully saturated rings. The number of amides is 2. The van der Waals surface area contributed by atoms with E-state index in [1.165, 1.54) is 25.7 Å². The molecule has 20 heavy (non-hydrogen) atoms. The van der Waals surface area contributed by atoms with Crippen molar-refractivity contribution in [3.8, 4) is 0 Å². The zero-order valence-corrected chi connectivity index (χ0v) is 12.0. The van der Waals surface area contributed by atoms with Crippen molar-refractivity contribution in [1.82, 2.24) is 20.4 Å². The number of carbonyl (C=O) groups is 1. The second-order valence-corrected chi connectivity index (χ2v) is 5.47. The van der Waals surface area contributed by atoms with Crippen LogP contribution in [0.3, 0.4) is 0 Å². The smallest absolute Gasteiger partial charge is 0.315 e. The minimum atomic E-state index is -0.221. The predicted octanol–water partition coefficient (Wildman–Crippen LogP) is 1.57. The van der Waals surface area contributed by atoms with Crippen LogP contribution in [0.25, 0.3) is 0 Å². The molecule has 0 bridgehead atoms. The van der Waals surface area contributed by atoms with E-state index < -0.39 is 0 Å². The van der Waals surface area contributed by atoms with Crippen molar-refractivity contribution < 1.29 is 9.90 Å². The monoisotopic (exact) mass is 280 g/mol. The topological polar surface area (TPSA) is 79.2 Å². The van der Waals surface area contributed by atoms with Gasteiger partial charge >= 0.3 is 6.03 Å². The lowest BCUT2D eigenvalue weighted by molar-refractivity contribution is 0.230. The van der Waals surface area contributed by atoms with Crippen LogP contribution in [-0.2, 0) is 6.54 Å². The zero-order valence-electron chi connectivity index (χ0n) is 12.0. The van der Waals surface area contributed by atoms with Gasteiger partial charge in [0.1, 0.15) is 0 Å². The maximum Gasteiger partial charge on any atom is 0.315 e. The van der Waals surface area contributed by atoms with Gasteiger partial charge in [0.15, 0.2) is 0 Å². The first-order chi connectivity index (χ1) is 9.69. The molecule has 3 N–H and O–H groups in total. The van der Waals surface area contributed by atoms with E-state index in [0.29, 0.717) is 19.0 Å². The average molecular weight is 280 g/mol. The van der Waals surface area contributed by atoms with Gasteiger partial charge in [-0.05, 0) is 32.3 Å². The van der Waals surface area contributed by atoms with E-state index in [4.69, 9.17) is 5.11 Å². The molecule has 1 saturated carbocycles. The number of urea groups is 1. The molecule has 0 saturated heterocycles. The number of aromatic nitrogens is 2. The Hall–Kier alpha value is -1.56. The Morgan fingerprint density at radius 1 is 1.55 bits per heavy atom. The number of aliphatic hydroxyl groups excluding tert-OH is 1. The zero-order chi connectivity index (χ0) is 14.4. The van der Waals surface area contributed by atoms with E-state index in [-0.39, 0.29) is 18.7 Å². The van der Waals surface area contributed by atoms with Crippen molar-refractivity contribution in [3.63, 3.8) is 0 Å². The summed E-state index contributed by atoms with van der Waals surface area (Å²) in [5.74, 6) is 0. The lowest BCUT2D eigenvalue weighted by Gasteiger charge is -2.13. The second-order valence-electron chi connectivity index (χ2n) is 5.47. The summed E-state index contributed by atoms with van der Waals surface area (Å²) in [4.78, 5) is 11.6. The normalized spacial score (nSPS) is 17.1. The summed E-state index contributed by atoms with van der Waals surface area (Å²) < 4.78 is 2.02. The molecule has 2 rings (SSSR count). The second kappa shape index (κ2) is 7.28. The molecule has 1 atom stereocenters. The molecular formula is C14H24N4O2. The molecule has 6 nitrogen and oxygen atoms in total. The minimum absolute atomic E-state index is 0.0314. The first kappa shape index (κ1) is 14.8. The van der Waals surface area contributed by atoms with Crippen LogP contribution in [0.1, 0.15) is 50.8 Å². The van der Waals surface area contributed by atoms with Crippen molar-refractivity contribution >= 4 is 6.03 Å². The molecular weight excluding hydrogens is 256 g/mol. The van der Waals surface area contributed by atoms with Gasteiger partial charge in [-0.2, -0.15) is 5.10 Å². The van der Waals surface area contributed by atoms with Gasteiger partial charge in [-0.15, -0.1) is 0 Å². The average Bonchev–Trinajstić information content (AvgIpc) is 3.07. The van der Waals surface area contributed by atoms with E-state index in [0.717, 1.165) is 5.69 Å². The Morgan fingerprint density at radius 2 is 2.30 bits per heavy atom. The molecule has 0 aromatic carbocycles. The van der Waals surface area contributed by atoms with Crippen LogP contribution < -0.4 is 10.6 Å². The Balaban J connectivity index is 1.75. The van der Waals surface area contributed by atoms with E-state index in [9.17, 15) is 4.79 Å². The van der Waals surface area contributed by atoms with Crippen LogP contribution in [0.5, 0.6) is 0 Å². The van der Waals surface area contributed by atoms with Crippen molar-refractivity contribution in [2.75, 3.05) is 6.61 Å². The van der Waals surface area contributed by atoms with E-state index >= 15 is 0 Å². The van der Waals surface area contributed by atoms with Crippen LogP contribution in [0, 0.1) is 0 Å². The standard InChI is InChI=1S/C14H24N4O2/c1-11(7-9-19)16-14(20)15-10-12-6-8-18(17-12)13-4-2-3-5-13/h6,8,11,13,19H,2-5,7,9-10H2,1H3,(H2,15,16,20)/t11-/m1/s1. The summed E-state index contributed by atoms with van der Waals surface area (Å²) in [5, 5.41) is 18.8. The van der Waals surface area contributed by atoms with E-state index in [2.05, 4.69) is 15.7 Å². The van der Waals surface area contributed by atoms with Crippen LogP contribution in [0.2, 0.25) is 0 Å². The van der Waals surface area contributed by atoms with Gasteiger partial charge in [-0.1, -0.05) is 12.8 Å². The number of hydrogen-bond donors (Lipinski definition) is 3. The van der Waals surface area contributed by atoms with Gasteiger partial charge in [-0.25, -0.2) is 4.79 Å². The fraction of sp³-hybridized carbons (Fsp3) is 0.714. The van der Waals surface area contributed by atoms with E-state index in [1.54, 1.807) is 0 Å². The van der Waals surface area contributed by atoms with Crippen LogP contribution in [0.4, 0.5) is 4.79 Å². The number of nitrogens with zero attached hydrogens (tertiary/aromatic N) is 2. The Labute approximate surface area is 119 Å². The number of rotatable bonds is 6. The summed E-state index contributed by atoms with van der Waals surface area (Å²) >= 11 is 0. The predicted molar refractivity (Wildman–Crippen MR) is 76.3 cm³/mol. The quantitative estimate of drug-likeness (QED) is 0.740. The molecule has 1 aliphatic rings. The molecule has 1 aromatic rings. The summed E-state index contributed by atoms with van der Waals surface area (Å²) in [5.41, 5.74) is 0.877. The first-order valence-corrected chi connectivity index (χ1v) is 7.38. The summed E-state index contributed by atoms with van der Waals surface area (Å²) in [7, 11) is 0. The number of nitrogens with one attached hydrogen (secondary N) is 2. The maximum atomic E-state index is 11.6. The summed E-state index contributed by atoms with van der Waals surface area (Å²) in [6.07, 6.45) is 7.52. The molecule has 0 radical (unpaired) electrons. The fourth-order valence-corrected chi connectivity index (χ4v) is 2.56. The van der Waals surface area contributed by atoms with Crippen molar-refractivity contribution in [3.05, 3.63) is 18.0 Å². The molecule has 112 valence electrons. The highest BCUT2D eigenvalue weighted by atomic mass is 16.3. The molecule has 1 aromatic heterocycles. The van der Waals surface area contributed by atoms with Crippen LogP contribution >= 0.6 is 0 Å². The molecule has 0 aliphatic heterocycles. The lowest BCUT2D eigenvalue weighted by Crippen LogP contribution is -2.40. The number of aliphatic hydroxyl groups is 1. The van der Waals surface area contributed by atoms with E-state index in [1.807, 2.05) is 23.9 Å². The van der Waals surface area contributed by atoms with Crippen molar-refractivity contribution in [2.24, 2.45) is 0 Å². The molecule has 6 heteroatoms. The minimum Gasteiger partial charge on any atom is -0.396 e. The third-order valence-corrected chi connectivity index (χ3v) is 3.73. The highest BCUT2D eigenvalue weighted by molar-refractivity contribution is 5.74. The number of hydrogen-bond acceptors (Lipinski definition) is 3. The largest absolute Gasteiger partial charge is 0.396 e. The highest BCUT2D eigenvalue weighted by Gasteiger charge is 2.17. The molecule has 0 spiro atoms. The lowest BCUT2D eigenvalue weighted by atomic mass is 10.2. The SMILES string of the molecule is C[C@H](CCO)NC(=O)NCc1ccn(C2CCCC2)n1. The van der Waals surface area contributed by atoms with Crippen LogP contribution in [-0.4, -0.2) is 33.6 Å². The molecule has 1 aliphatic carbocycles. The maximum absolute atomic E-state index is 11.6. The number of carbonyl (C=O) groups excluding carboxylic acids is 1. The highest BCUT2D eigenvalue weighted by Crippen LogP contribution is 2.28. The Morgan fingerprint density at radius 3 is 3.00 bits per heavy atom. The molecule has 2 amide bonds. The summed E-state index contributed by atoms with van der Waals surface area (Å²) in [6.45, 7) is 2.37. The Bertz CT molecular complexity index is 427. The third-order valence-electron chi connectivity index (χ3n) is 3.73. The van der Waals surface area contributed by atoms with Gasteiger partial charge in [-0.3, -0.25) is 4.68 Å². The van der Waals surface area contributed by atoms with Crippen molar-refractivity contribution in [1.29, 1.82) is 0 Å². The van der Waals surface area contributed by atoms with Gasteiger partial charge in [0.25, 0.3) is 0 Å². The van der Waals surface area contributed by atoms with Gasteiger partial charge in [0.05, 0.1) is 18.3 Å². The van der Waals surface area contributed by atoms with Gasteiger partial charge < -0.3 is 15.7 Å². The van der Waals surface area contributed by atoms with Crippen molar-refractivity contribution in [2.45, 2.75) is 57.7 Å². The molecule has 0 unspecified atom stereocenters.